The highest BCUT2D eigenvalue weighted by Gasteiger charge is 2.05. The summed E-state index contributed by atoms with van der Waals surface area (Å²) in [5.41, 5.74) is 1.89. The van der Waals surface area contributed by atoms with Crippen molar-refractivity contribution in [1.29, 1.82) is 0 Å². The molecule has 2 rings (SSSR count). The normalized spacial score (nSPS) is 14.5. The molecule has 0 bridgehead atoms. The van der Waals surface area contributed by atoms with Gasteiger partial charge in [0.2, 0.25) is 6.41 Å². The fourth-order valence-corrected chi connectivity index (χ4v) is 1.56. The lowest BCUT2D eigenvalue weighted by Gasteiger charge is -2.20. The minimum atomic E-state index is 0.698. The molecule has 1 aromatic rings. The zero-order valence-corrected chi connectivity index (χ0v) is 8.84. The van der Waals surface area contributed by atoms with Crippen LogP contribution in [0.2, 0.25) is 0 Å². The first-order valence-electron chi connectivity index (χ1n) is 5.11. The van der Waals surface area contributed by atoms with Gasteiger partial charge in [0.15, 0.2) is 0 Å². The maximum absolute atomic E-state index is 10.3. The molecule has 0 spiro atoms. The number of hydrogen-bond donors (Lipinski definition) is 1. The van der Waals surface area contributed by atoms with Crippen LogP contribution in [0.5, 0.6) is 0 Å². The lowest BCUT2D eigenvalue weighted by atomic mass is 10.2. The van der Waals surface area contributed by atoms with Crippen molar-refractivity contribution in [3.8, 4) is 0 Å². The SMILES string of the molecule is O=CNC1=CN(Cc2ccccn2)C=CC1. The first-order valence-corrected chi connectivity index (χ1v) is 5.11. The second-order valence-electron chi connectivity index (χ2n) is 3.50. The van der Waals surface area contributed by atoms with Gasteiger partial charge in [-0.15, -0.1) is 0 Å². The topological polar surface area (TPSA) is 45.2 Å². The van der Waals surface area contributed by atoms with E-state index in [-0.39, 0.29) is 0 Å². The first-order chi connectivity index (χ1) is 7.88. The molecule has 1 aromatic heterocycles. The van der Waals surface area contributed by atoms with Crippen molar-refractivity contribution >= 4 is 6.41 Å². The summed E-state index contributed by atoms with van der Waals surface area (Å²) in [7, 11) is 0. The Kier molecular flexibility index (Phi) is 3.33. The molecule has 82 valence electrons. The fourth-order valence-electron chi connectivity index (χ4n) is 1.56. The Balaban J connectivity index is 2.02. The number of nitrogens with zero attached hydrogens (tertiary/aromatic N) is 2. The lowest BCUT2D eigenvalue weighted by Crippen LogP contribution is -2.19. The average Bonchev–Trinajstić information content (AvgIpc) is 2.31. The van der Waals surface area contributed by atoms with Crippen molar-refractivity contribution in [1.82, 2.24) is 15.2 Å². The van der Waals surface area contributed by atoms with Gasteiger partial charge in [-0.05, 0) is 12.1 Å². The molecule has 0 radical (unpaired) electrons. The Labute approximate surface area is 94.3 Å². The van der Waals surface area contributed by atoms with E-state index in [2.05, 4.69) is 10.3 Å². The Hall–Kier alpha value is -2.10. The third-order valence-electron chi connectivity index (χ3n) is 2.27. The zero-order chi connectivity index (χ0) is 11.2. The van der Waals surface area contributed by atoms with Gasteiger partial charge in [-0.2, -0.15) is 0 Å². The number of carbonyl (C=O) groups excluding carboxylic acids is 1. The first kappa shape index (κ1) is 10.4. The smallest absolute Gasteiger partial charge is 0.211 e. The van der Waals surface area contributed by atoms with Crippen LogP contribution in [0.1, 0.15) is 12.1 Å². The van der Waals surface area contributed by atoms with Crippen molar-refractivity contribution in [2.24, 2.45) is 0 Å². The van der Waals surface area contributed by atoms with Crippen LogP contribution in [-0.2, 0) is 11.3 Å². The monoisotopic (exact) mass is 215 g/mol. The highest BCUT2D eigenvalue weighted by molar-refractivity contribution is 5.50. The van der Waals surface area contributed by atoms with Crippen molar-refractivity contribution in [2.45, 2.75) is 13.0 Å². The van der Waals surface area contributed by atoms with E-state index in [1.54, 1.807) is 6.20 Å². The Morgan fingerprint density at radius 2 is 2.44 bits per heavy atom. The number of pyridine rings is 1. The predicted molar refractivity (Wildman–Crippen MR) is 60.8 cm³/mol. The van der Waals surface area contributed by atoms with Crippen molar-refractivity contribution in [2.75, 3.05) is 0 Å². The van der Waals surface area contributed by atoms with E-state index in [0.717, 1.165) is 17.8 Å². The molecule has 1 N–H and O–H groups in total. The molecule has 4 heteroatoms. The van der Waals surface area contributed by atoms with E-state index >= 15 is 0 Å². The largest absolute Gasteiger partial charge is 0.347 e. The highest BCUT2D eigenvalue weighted by atomic mass is 16.1. The maximum Gasteiger partial charge on any atom is 0.211 e. The van der Waals surface area contributed by atoms with Gasteiger partial charge < -0.3 is 10.2 Å². The summed E-state index contributed by atoms with van der Waals surface area (Å²) < 4.78 is 0. The number of amides is 1. The molecular formula is C12H13N3O. The molecule has 0 atom stereocenters. The van der Waals surface area contributed by atoms with Crippen LogP contribution >= 0.6 is 0 Å². The molecular weight excluding hydrogens is 202 g/mol. The Morgan fingerprint density at radius 3 is 3.19 bits per heavy atom. The van der Waals surface area contributed by atoms with Crippen LogP contribution in [0.15, 0.2) is 48.6 Å². The van der Waals surface area contributed by atoms with Gasteiger partial charge in [0.25, 0.3) is 0 Å². The van der Waals surface area contributed by atoms with Crippen LogP contribution in [0.3, 0.4) is 0 Å². The molecule has 1 aliphatic heterocycles. The second kappa shape index (κ2) is 5.11. The molecule has 0 fully saturated rings. The van der Waals surface area contributed by atoms with Gasteiger partial charge in [0, 0.05) is 30.7 Å². The minimum Gasteiger partial charge on any atom is -0.347 e. The summed E-state index contributed by atoms with van der Waals surface area (Å²) in [6.07, 6.45) is 9.15. The fraction of sp³-hybridized carbons (Fsp3) is 0.167. The Morgan fingerprint density at radius 1 is 1.50 bits per heavy atom. The van der Waals surface area contributed by atoms with Gasteiger partial charge >= 0.3 is 0 Å². The summed E-state index contributed by atoms with van der Waals surface area (Å²) in [5.74, 6) is 0. The van der Waals surface area contributed by atoms with Crippen molar-refractivity contribution < 1.29 is 4.79 Å². The van der Waals surface area contributed by atoms with Crippen molar-refractivity contribution in [3.05, 3.63) is 54.3 Å². The van der Waals surface area contributed by atoms with E-state index in [0.29, 0.717) is 13.0 Å². The highest BCUT2D eigenvalue weighted by Crippen LogP contribution is 2.11. The average molecular weight is 215 g/mol. The summed E-state index contributed by atoms with van der Waals surface area (Å²) >= 11 is 0. The quantitative estimate of drug-likeness (QED) is 0.772. The number of carbonyl (C=O) groups is 1. The van der Waals surface area contributed by atoms with Gasteiger partial charge in [0.1, 0.15) is 0 Å². The molecule has 0 saturated heterocycles. The van der Waals surface area contributed by atoms with Gasteiger partial charge in [-0.25, -0.2) is 0 Å². The lowest BCUT2D eigenvalue weighted by molar-refractivity contribution is -0.109. The molecule has 4 nitrogen and oxygen atoms in total. The summed E-state index contributed by atoms with van der Waals surface area (Å²) in [5, 5.41) is 2.67. The van der Waals surface area contributed by atoms with Crippen LogP contribution in [0.25, 0.3) is 0 Å². The van der Waals surface area contributed by atoms with Crippen LogP contribution in [-0.4, -0.2) is 16.3 Å². The predicted octanol–water partition coefficient (Wildman–Crippen LogP) is 1.39. The molecule has 0 unspecified atom stereocenters. The van der Waals surface area contributed by atoms with E-state index in [1.165, 1.54) is 0 Å². The molecule has 0 aromatic carbocycles. The van der Waals surface area contributed by atoms with Crippen LogP contribution in [0.4, 0.5) is 0 Å². The Bertz CT molecular complexity index is 408. The number of hydrogen-bond acceptors (Lipinski definition) is 3. The summed E-state index contributed by atoms with van der Waals surface area (Å²) in [4.78, 5) is 16.6. The third-order valence-corrected chi connectivity index (χ3v) is 2.27. The van der Waals surface area contributed by atoms with E-state index in [9.17, 15) is 4.79 Å². The number of rotatable bonds is 4. The zero-order valence-electron chi connectivity index (χ0n) is 8.84. The molecule has 0 aliphatic carbocycles. The van der Waals surface area contributed by atoms with Crippen molar-refractivity contribution in [3.63, 3.8) is 0 Å². The van der Waals surface area contributed by atoms with Gasteiger partial charge in [-0.1, -0.05) is 12.1 Å². The number of nitrogens with one attached hydrogen (secondary N) is 1. The maximum atomic E-state index is 10.3. The van der Waals surface area contributed by atoms with E-state index < -0.39 is 0 Å². The van der Waals surface area contributed by atoms with Crippen LogP contribution in [0, 0.1) is 0 Å². The standard InChI is InChI=1S/C12H13N3O/c16-10-14-12-5-3-7-15(9-12)8-11-4-1-2-6-13-11/h1-4,6-7,9-10H,5,8H2,(H,14,16). The van der Waals surface area contributed by atoms with Gasteiger partial charge in [-0.3, -0.25) is 9.78 Å². The minimum absolute atomic E-state index is 0.698. The van der Waals surface area contributed by atoms with Crippen LogP contribution < -0.4 is 5.32 Å². The third kappa shape index (κ3) is 2.70. The molecule has 1 amide bonds. The van der Waals surface area contributed by atoms with E-state index in [4.69, 9.17) is 0 Å². The molecule has 2 heterocycles. The second-order valence-corrected chi connectivity index (χ2v) is 3.50. The van der Waals surface area contributed by atoms with Gasteiger partial charge in [0.05, 0.1) is 12.2 Å². The summed E-state index contributed by atoms with van der Waals surface area (Å²) in [6, 6.07) is 5.83. The summed E-state index contributed by atoms with van der Waals surface area (Å²) in [6.45, 7) is 0.710. The molecule has 1 aliphatic rings. The number of allylic oxidation sites excluding steroid dienone is 1. The molecule has 0 saturated carbocycles. The molecule has 16 heavy (non-hydrogen) atoms. The number of aromatic nitrogens is 1. The van der Waals surface area contributed by atoms with E-state index in [1.807, 2.05) is 41.6 Å².